The summed E-state index contributed by atoms with van der Waals surface area (Å²) in [7, 11) is 5.15. The number of nitriles is 1. The number of anilines is 1. The summed E-state index contributed by atoms with van der Waals surface area (Å²) in [4.78, 5) is 13.0. The fourth-order valence-corrected chi connectivity index (χ4v) is 1.30. The first-order valence-corrected chi connectivity index (χ1v) is 5.06. The third-order valence-corrected chi connectivity index (χ3v) is 2.28. The highest BCUT2D eigenvalue weighted by atomic mass is 16.5. The molecule has 1 aromatic carbocycles. The molecule has 0 saturated heterocycles. The van der Waals surface area contributed by atoms with Gasteiger partial charge in [-0.25, -0.2) is 4.79 Å². The van der Waals surface area contributed by atoms with E-state index in [9.17, 15) is 4.79 Å². The van der Waals surface area contributed by atoms with Crippen molar-refractivity contribution in [2.75, 3.05) is 26.1 Å². The van der Waals surface area contributed by atoms with Gasteiger partial charge in [-0.05, 0) is 17.7 Å². The van der Waals surface area contributed by atoms with Crippen LogP contribution >= 0.6 is 0 Å². The Balaban J connectivity index is 3.03. The van der Waals surface area contributed by atoms with E-state index in [-0.39, 0.29) is 0 Å². The number of ether oxygens (including phenoxy) is 1. The number of benzene rings is 1. The third-order valence-electron chi connectivity index (χ3n) is 2.28. The maximum atomic E-state index is 11.1. The molecule has 1 aromatic rings. The molecule has 0 fully saturated rings. The standard InChI is InChI=1S/C13H14N2O2/c1-15(2)12-6-4-10(5-7-12)11(9-14)8-13(16)17-3/h4-8H,1-3H3/b11-8+. The van der Waals surface area contributed by atoms with Gasteiger partial charge in [0.2, 0.25) is 0 Å². The van der Waals surface area contributed by atoms with E-state index in [4.69, 9.17) is 5.26 Å². The van der Waals surface area contributed by atoms with Crippen LogP contribution in [0.15, 0.2) is 30.3 Å². The van der Waals surface area contributed by atoms with E-state index >= 15 is 0 Å². The first-order valence-electron chi connectivity index (χ1n) is 5.06. The molecule has 0 bridgehead atoms. The van der Waals surface area contributed by atoms with Crippen LogP contribution < -0.4 is 4.90 Å². The minimum Gasteiger partial charge on any atom is -0.466 e. The molecule has 4 heteroatoms. The second-order valence-corrected chi connectivity index (χ2v) is 3.63. The van der Waals surface area contributed by atoms with Crippen LogP contribution in [0.5, 0.6) is 0 Å². The SMILES string of the molecule is COC(=O)/C=C(\C#N)c1ccc(N(C)C)cc1. The molecule has 17 heavy (non-hydrogen) atoms. The number of carbonyl (C=O) groups is 1. The van der Waals surface area contributed by atoms with Crippen molar-refractivity contribution in [3.8, 4) is 6.07 Å². The van der Waals surface area contributed by atoms with Gasteiger partial charge in [0.25, 0.3) is 0 Å². The summed E-state index contributed by atoms with van der Waals surface area (Å²) < 4.78 is 4.49. The average molecular weight is 230 g/mol. The van der Waals surface area contributed by atoms with Gasteiger partial charge in [0.15, 0.2) is 0 Å². The van der Waals surface area contributed by atoms with Crippen molar-refractivity contribution in [3.63, 3.8) is 0 Å². The normalized spacial score (nSPS) is 10.6. The number of hydrogen-bond donors (Lipinski definition) is 0. The third kappa shape index (κ3) is 3.35. The van der Waals surface area contributed by atoms with Gasteiger partial charge >= 0.3 is 5.97 Å². The van der Waals surface area contributed by atoms with E-state index in [0.29, 0.717) is 11.1 Å². The Morgan fingerprint density at radius 2 is 1.94 bits per heavy atom. The average Bonchev–Trinajstić information content (AvgIpc) is 2.35. The van der Waals surface area contributed by atoms with Crippen molar-refractivity contribution in [2.45, 2.75) is 0 Å². The van der Waals surface area contributed by atoms with Gasteiger partial charge in [-0.15, -0.1) is 0 Å². The lowest BCUT2D eigenvalue weighted by atomic mass is 10.1. The topological polar surface area (TPSA) is 53.3 Å². The number of allylic oxidation sites excluding steroid dienone is 1. The van der Waals surface area contributed by atoms with Crippen LogP contribution in [-0.2, 0) is 9.53 Å². The van der Waals surface area contributed by atoms with Crippen molar-refractivity contribution in [1.29, 1.82) is 5.26 Å². The second kappa shape index (κ2) is 5.71. The largest absolute Gasteiger partial charge is 0.466 e. The zero-order valence-electron chi connectivity index (χ0n) is 10.1. The van der Waals surface area contributed by atoms with Crippen LogP contribution in [0.1, 0.15) is 5.56 Å². The number of esters is 1. The van der Waals surface area contributed by atoms with Crippen molar-refractivity contribution in [3.05, 3.63) is 35.9 Å². The van der Waals surface area contributed by atoms with Crippen molar-refractivity contribution >= 4 is 17.2 Å². The lowest BCUT2D eigenvalue weighted by Crippen LogP contribution is -2.08. The molecule has 0 aliphatic rings. The summed E-state index contributed by atoms with van der Waals surface area (Å²) in [6.07, 6.45) is 1.19. The number of rotatable bonds is 3. The summed E-state index contributed by atoms with van der Waals surface area (Å²) in [5, 5.41) is 8.97. The molecule has 0 amide bonds. The highest BCUT2D eigenvalue weighted by Crippen LogP contribution is 2.18. The van der Waals surface area contributed by atoms with E-state index < -0.39 is 5.97 Å². The maximum Gasteiger partial charge on any atom is 0.331 e. The minimum atomic E-state index is -0.529. The number of carbonyl (C=O) groups excluding carboxylic acids is 1. The zero-order chi connectivity index (χ0) is 12.8. The fourth-order valence-electron chi connectivity index (χ4n) is 1.30. The van der Waals surface area contributed by atoms with Crippen LogP contribution in [0.4, 0.5) is 5.69 Å². The highest BCUT2D eigenvalue weighted by Gasteiger charge is 2.04. The van der Waals surface area contributed by atoms with Crippen molar-refractivity contribution in [1.82, 2.24) is 0 Å². The molecule has 4 nitrogen and oxygen atoms in total. The van der Waals surface area contributed by atoms with Gasteiger partial charge in [-0.3, -0.25) is 0 Å². The van der Waals surface area contributed by atoms with Crippen LogP contribution in [0.25, 0.3) is 5.57 Å². The molecule has 0 radical (unpaired) electrons. The van der Waals surface area contributed by atoms with E-state index in [0.717, 1.165) is 5.69 Å². The summed E-state index contributed by atoms with van der Waals surface area (Å²) in [6, 6.07) is 9.35. The Labute approximate surface area is 101 Å². The highest BCUT2D eigenvalue weighted by molar-refractivity contribution is 5.95. The molecule has 0 saturated carbocycles. The molecule has 0 aliphatic carbocycles. The maximum absolute atomic E-state index is 11.1. The van der Waals surface area contributed by atoms with E-state index in [1.807, 2.05) is 37.2 Å². The Kier molecular flexibility index (Phi) is 4.29. The number of methoxy groups -OCH3 is 1. The fraction of sp³-hybridized carbons (Fsp3) is 0.231. The summed E-state index contributed by atoms with van der Waals surface area (Å²) in [5.41, 5.74) is 2.02. The quantitative estimate of drug-likeness (QED) is 0.451. The molecule has 0 unspecified atom stereocenters. The smallest absolute Gasteiger partial charge is 0.331 e. The molecule has 0 spiro atoms. The van der Waals surface area contributed by atoms with E-state index in [2.05, 4.69) is 4.74 Å². The van der Waals surface area contributed by atoms with Crippen molar-refractivity contribution < 1.29 is 9.53 Å². The predicted octanol–water partition coefficient (Wildman–Crippen LogP) is 1.83. The summed E-state index contributed by atoms with van der Waals surface area (Å²) in [6.45, 7) is 0. The molecular formula is C13H14N2O2. The van der Waals surface area contributed by atoms with E-state index in [1.54, 1.807) is 12.1 Å². The first kappa shape index (κ1) is 12.8. The Bertz CT molecular complexity index is 467. The number of nitrogens with zero attached hydrogens (tertiary/aromatic N) is 2. The summed E-state index contributed by atoms with van der Waals surface area (Å²) in [5.74, 6) is -0.529. The molecule has 88 valence electrons. The molecule has 0 heterocycles. The molecule has 0 aromatic heterocycles. The van der Waals surface area contributed by atoms with Crippen LogP contribution in [0.3, 0.4) is 0 Å². The molecule has 0 N–H and O–H groups in total. The van der Waals surface area contributed by atoms with Crippen LogP contribution in [0, 0.1) is 11.3 Å². The molecule has 0 aliphatic heterocycles. The summed E-state index contributed by atoms with van der Waals surface area (Å²) >= 11 is 0. The van der Waals surface area contributed by atoms with Crippen molar-refractivity contribution in [2.24, 2.45) is 0 Å². The van der Waals surface area contributed by atoms with Gasteiger partial charge in [0, 0.05) is 25.9 Å². The Morgan fingerprint density at radius 3 is 2.35 bits per heavy atom. The molecule has 1 rings (SSSR count). The van der Waals surface area contributed by atoms with Gasteiger partial charge in [0.1, 0.15) is 6.07 Å². The van der Waals surface area contributed by atoms with Crippen LogP contribution in [-0.4, -0.2) is 27.2 Å². The lowest BCUT2D eigenvalue weighted by Gasteiger charge is -2.12. The Morgan fingerprint density at radius 1 is 1.35 bits per heavy atom. The second-order valence-electron chi connectivity index (χ2n) is 3.63. The lowest BCUT2D eigenvalue weighted by molar-refractivity contribution is -0.134. The van der Waals surface area contributed by atoms with Crippen LogP contribution in [0.2, 0.25) is 0 Å². The monoisotopic (exact) mass is 230 g/mol. The molecular weight excluding hydrogens is 216 g/mol. The zero-order valence-corrected chi connectivity index (χ0v) is 10.1. The van der Waals surface area contributed by atoms with Gasteiger partial charge in [-0.1, -0.05) is 12.1 Å². The molecule has 0 atom stereocenters. The minimum absolute atomic E-state index is 0.294. The van der Waals surface area contributed by atoms with E-state index in [1.165, 1.54) is 13.2 Å². The first-order chi connectivity index (χ1) is 8.08. The van der Waals surface area contributed by atoms with Gasteiger partial charge in [-0.2, -0.15) is 5.26 Å². The van der Waals surface area contributed by atoms with Gasteiger partial charge in [0.05, 0.1) is 12.7 Å². The predicted molar refractivity (Wildman–Crippen MR) is 66.4 cm³/mol. The van der Waals surface area contributed by atoms with Gasteiger partial charge < -0.3 is 9.64 Å². The number of hydrogen-bond acceptors (Lipinski definition) is 4. The Hall–Kier alpha value is -2.28.